The average Bonchev–Trinajstić information content (AvgIpc) is 3.07. The lowest BCUT2D eigenvalue weighted by Crippen LogP contribution is -2.28. The smallest absolute Gasteiger partial charge is 0.316 e. The van der Waals surface area contributed by atoms with Gasteiger partial charge in [-0.15, -0.1) is 0 Å². The minimum Gasteiger partial charge on any atom is -0.464 e. The quantitative estimate of drug-likeness (QED) is 0.743. The third-order valence-corrected chi connectivity index (χ3v) is 4.26. The molecular formula is C18H21N5O2. The van der Waals surface area contributed by atoms with Crippen molar-refractivity contribution in [1.82, 2.24) is 19.9 Å². The van der Waals surface area contributed by atoms with Gasteiger partial charge in [0.25, 0.3) is 0 Å². The van der Waals surface area contributed by atoms with E-state index in [9.17, 15) is 0 Å². The lowest BCUT2D eigenvalue weighted by molar-refractivity contribution is 0.0904. The van der Waals surface area contributed by atoms with Gasteiger partial charge < -0.3 is 19.8 Å². The van der Waals surface area contributed by atoms with Crippen molar-refractivity contribution in [2.75, 3.05) is 25.1 Å². The molecular weight excluding hydrogens is 318 g/mol. The van der Waals surface area contributed by atoms with E-state index in [4.69, 9.17) is 9.47 Å². The van der Waals surface area contributed by atoms with Gasteiger partial charge in [-0.05, 0) is 31.9 Å². The van der Waals surface area contributed by atoms with Crippen molar-refractivity contribution in [3.8, 4) is 17.4 Å². The Hall–Kier alpha value is -2.67. The molecule has 0 atom stereocenters. The number of fused-ring (bicyclic) bond motifs is 1. The fourth-order valence-electron chi connectivity index (χ4n) is 2.98. The minimum atomic E-state index is 0.388. The summed E-state index contributed by atoms with van der Waals surface area (Å²) in [5.74, 6) is 0.880. The number of nitrogens with one attached hydrogen (secondary N) is 2. The molecule has 0 spiro atoms. The molecule has 0 bridgehead atoms. The molecule has 25 heavy (non-hydrogen) atoms. The van der Waals surface area contributed by atoms with Crippen molar-refractivity contribution in [3.63, 3.8) is 0 Å². The average molecular weight is 339 g/mol. The molecule has 1 aliphatic heterocycles. The van der Waals surface area contributed by atoms with Gasteiger partial charge in [-0.1, -0.05) is 0 Å². The number of anilines is 1. The van der Waals surface area contributed by atoms with E-state index in [1.54, 1.807) is 6.20 Å². The second-order valence-electron chi connectivity index (χ2n) is 6.03. The molecule has 1 aliphatic rings. The van der Waals surface area contributed by atoms with Gasteiger partial charge in [-0.2, -0.15) is 4.98 Å². The molecule has 1 fully saturated rings. The molecule has 130 valence electrons. The Morgan fingerprint density at radius 3 is 3.00 bits per heavy atom. The number of H-pyrrole nitrogens is 1. The lowest BCUT2D eigenvalue weighted by Gasteiger charge is -2.23. The number of aromatic nitrogens is 4. The van der Waals surface area contributed by atoms with E-state index in [0.717, 1.165) is 54.2 Å². The molecule has 3 aromatic heterocycles. The van der Waals surface area contributed by atoms with Gasteiger partial charge in [0.2, 0.25) is 0 Å². The Bertz CT molecular complexity index is 858. The second kappa shape index (κ2) is 7.06. The molecule has 0 aliphatic carbocycles. The van der Waals surface area contributed by atoms with Crippen LogP contribution < -0.4 is 10.1 Å². The van der Waals surface area contributed by atoms with Gasteiger partial charge >= 0.3 is 6.01 Å². The number of hydrogen-bond acceptors (Lipinski definition) is 6. The van der Waals surface area contributed by atoms with Crippen molar-refractivity contribution in [2.45, 2.75) is 25.8 Å². The van der Waals surface area contributed by atoms with Crippen LogP contribution in [0.25, 0.3) is 22.3 Å². The molecule has 3 aromatic rings. The maximum atomic E-state index is 5.40. The van der Waals surface area contributed by atoms with E-state index in [2.05, 4.69) is 25.3 Å². The summed E-state index contributed by atoms with van der Waals surface area (Å²) < 4.78 is 10.8. The van der Waals surface area contributed by atoms with Crippen molar-refractivity contribution < 1.29 is 9.47 Å². The van der Waals surface area contributed by atoms with E-state index in [1.807, 2.05) is 31.3 Å². The third-order valence-electron chi connectivity index (χ3n) is 4.26. The van der Waals surface area contributed by atoms with E-state index >= 15 is 0 Å². The highest BCUT2D eigenvalue weighted by Crippen LogP contribution is 2.25. The molecule has 4 rings (SSSR count). The number of nitrogens with zero attached hydrogens (tertiary/aromatic N) is 3. The predicted molar refractivity (Wildman–Crippen MR) is 95.8 cm³/mol. The Labute approximate surface area is 145 Å². The van der Waals surface area contributed by atoms with Crippen molar-refractivity contribution in [1.29, 1.82) is 0 Å². The largest absolute Gasteiger partial charge is 0.464 e. The van der Waals surface area contributed by atoms with Crippen LogP contribution in [0.4, 0.5) is 5.82 Å². The van der Waals surface area contributed by atoms with Crippen LogP contribution >= 0.6 is 0 Å². The molecule has 0 amide bonds. The van der Waals surface area contributed by atoms with Gasteiger partial charge in [0.15, 0.2) is 0 Å². The molecule has 1 saturated heterocycles. The van der Waals surface area contributed by atoms with Gasteiger partial charge in [-0.25, -0.2) is 9.97 Å². The normalized spacial score (nSPS) is 15.4. The molecule has 7 nitrogen and oxygen atoms in total. The molecule has 0 saturated carbocycles. The van der Waals surface area contributed by atoms with E-state index in [-0.39, 0.29) is 0 Å². The number of hydrogen-bond donors (Lipinski definition) is 2. The fraction of sp³-hybridized carbons (Fsp3) is 0.389. The number of ether oxygens (including phenoxy) is 2. The highest BCUT2D eigenvalue weighted by atomic mass is 16.5. The first-order chi connectivity index (χ1) is 12.3. The topological polar surface area (TPSA) is 85.0 Å². The maximum absolute atomic E-state index is 5.40. The summed E-state index contributed by atoms with van der Waals surface area (Å²) in [6.07, 6.45) is 5.60. The summed E-state index contributed by atoms with van der Waals surface area (Å²) in [5, 5.41) is 4.54. The number of rotatable bonds is 5. The Kier molecular flexibility index (Phi) is 4.47. The molecule has 2 N–H and O–H groups in total. The maximum Gasteiger partial charge on any atom is 0.316 e. The van der Waals surface area contributed by atoms with Crippen LogP contribution in [0.1, 0.15) is 19.8 Å². The van der Waals surface area contributed by atoms with Crippen molar-refractivity contribution in [3.05, 3.63) is 30.6 Å². The molecule has 0 aromatic carbocycles. The van der Waals surface area contributed by atoms with E-state index < -0.39 is 0 Å². The molecule has 0 unspecified atom stereocenters. The SMILES string of the molecule is CCOc1nccc(-c2cc3cnc(NC4CCOCC4)cc3[nH]2)n1. The van der Waals surface area contributed by atoms with E-state index in [0.29, 0.717) is 18.7 Å². The Morgan fingerprint density at radius 2 is 2.16 bits per heavy atom. The molecule has 0 radical (unpaired) electrons. The summed E-state index contributed by atoms with van der Waals surface area (Å²) in [4.78, 5) is 16.5. The van der Waals surface area contributed by atoms with Crippen molar-refractivity contribution in [2.24, 2.45) is 0 Å². The summed E-state index contributed by atoms with van der Waals surface area (Å²) in [6, 6.07) is 6.75. The first-order valence-electron chi connectivity index (χ1n) is 8.61. The zero-order valence-electron chi connectivity index (χ0n) is 14.2. The predicted octanol–water partition coefficient (Wildman–Crippen LogP) is 3.01. The van der Waals surface area contributed by atoms with Crippen LogP contribution in [-0.4, -0.2) is 45.8 Å². The van der Waals surface area contributed by atoms with Gasteiger partial charge in [-0.3, -0.25) is 0 Å². The highest BCUT2D eigenvalue weighted by molar-refractivity contribution is 5.86. The standard InChI is InChI=1S/C18H21N5O2/c1-2-25-18-19-6-3-14(23-18)16-9-12-11-20-17(10-15(12)22-16)21-13-4-7-24-8-5-13/h3,6,9-11,13,22H,2,4-5,7-8H2,1H3,(H,20,21). The van der Waals surface area contributed by atoms with Crippen LogP contribution in [0.3, 0.4) is 0 Å². The molecule has 7 heteroatoms. The first kappa shape index (κ1) is 15.8. The molecule has 4 heterocycles. The summed E-state index contributed by atoms with van der Waals surface area (Å²) in [5.41, 5.74) is 2.74. The van der Waals surface area contributed by atoms with Crippen LogP contribution in [0.5, 0.6) is 6.01 Å². The zero-order valence-corrected chi connectivity index (χ0v) is 14.2. The van der Waals surface area contributed by atoms with Crippen LogP contribution in [0.2, 0.25) is 0 Å². The van der Waals surface area contributed by atoms with Gasteiger partial charge in [0.05, 0.1) is 23.5 Å². The zero-order chi connectivity index (χ0) is 17.1. The second-order valence-corrected chi connectivity index (χ2v) is 6.03. The number of aromatic amines is 1. The summed E-state index contributed by atoms with van der Waals surface area (Å²) in [7, 11) is 0. The van der Waals surface area contributed by atoms with Crippen LogP contribution in [-0.2, 0) is 4.74 Å². The first-order valence-corrected chi connectivity index (χ1v) is 8.61. The van der Waals surface area contributed by atoms with E-state index in [1.165, 1.54) is 0 Å². The summed E-state index contributed by atoms with van der Waals surface area (Å²) in [6.45, 7) is 4.07. The monoisotopic (exact) mass is 339 g/mol. The van der Waals surface area contributed by atoms with Crippen LogP contribution in [0.15, 0.2) is 30.6 Å². The van der Waals surface area contributed by atoms with Gasteiger partial charge in [0.1, 0.15) is 5.82 Å². The highest BCUT2D eigenvalue weighted by Gasteiger charge is 2.14. The number of pyridine rings is 1. The van der Waals surface area contributed by atoms with Crippen LogP contribution in [0, 0.1) is 0 Å². The Balaban J connectivity index is 1.58. The Morgan fingerprint density at radius 1 is 1.28 bits per heavy atom. The summed E-state index contributed by atoms with van der Waals surface area (Å²) >= 11 is 0. The third kappa shape index (κ3) is 3.56. The lowest BCUT2D eigenvalue weighted by atomic mass is 10.1. The minimum absolute atomic E-state index is 0.388. The van der Waals surface area contributed by atoms with Crippen molar-refractivity contribution >= 4 is 16.7 Å². The fourth-order valence-corrected chi connectivity index (χ4v) is 2.98. The van der Waals surface area contributed by atoms with Gasteiger partial charge in [0, 0.05) is 43.1 Å².